The van der Waals surface area contributed by atoms with Crippen LogP contribution in [-0.2, 0) is 0 Å². The first kappa shape index (κ1) is 15.5. The lowest BCUT2D eigenvalue weighted by Crippen LogP contribution is -2.25. The lowest BCUT2D eigenvalue weighted by Gasteiger charge is -2.21. The van der Waals surface area contributed by atoms with Crippen LogP contribution in [0.1, 0.15) is 39.5 Å². The lowest BCUT2D eigenvalue weighted by molar-refractivity contribution is 0.175. The quantitative estimate of drug-likeness (QED) is 0.666. The molecule has 0 radical (unpaired) electrons. The zero-order valence-electron chi connectivity index (χ0n) is 11.9. The molecule has 0 saturated carbocycles. The van der Waals surface area contributed by atoms with Gasteiger partial charge in [0, 0.05) is 6.04 Å². The average Bonchev–Trinajstić information content (AvgIpc) is 2.35. The summed E-state index contributed by atoms with van der Waals surface area (Å²) in [5, 5.41) is 12.8. The summed E-state index contributed by atoms with van der Waals surface area (Å²) in [6.45, 7) is 3.93. The normalized spacial score (nSPS) is 13.9. The minimum Gasteiger partial charge on any atom is -0.491 e. The molecular weight excluding hydrogens is 244 g/mol. The van der Waals surface area contributed by atoms with E-state index in [1.165, 1.54) is 0 Å². The second kappa shape index (κ2) is 7.78. The Bertz CT molecular complexity index is 385. The summed E-state index contributed by atoms with van der Waals surface area (Å²) >= 11 is 0. The molecule has 0 aliphatic carbocycles. The van der Waals surface area contributed by atoms with Crippen molar-refractivity contribution < 1.29 is 9.84 Å². The molecule has 1 heterocycles. The Kier molecular flexibility index (Phi) is 6.35. The Morgan fingerprint density at radius 2 is 2.26 bits per heavy atom. The smallest absolute Gasteiger partial charge is 0.222 e. The molecule has 0 spiro atoms. The zero-order chi connectivity index (χ0) is 14.3. The van der Waals surface area contributed by atoms with Gasteiger partial charge < -0.3 is 20.9 Å². The highest BCUT2D eigenvalue weighted by Gasteiger charge is 2.15. The Morgan fingerprint density at radius 1 is 1.53 bits per heavy atom. The van der Waals surface area contributed by atoms with E-state index >= 15 is 0 Å². The van der Waals surface area contributed by atoms with Crippen LogP contribution in [0.4, 0.5) is 11.8 Å². The number of hydrogen-bond donors (Lipinski definition) is 3. The van der Waals surface area contributed by atoms with Crippen LogP contribution in [-0.4, -0.2) is 34.3 Å². The molecule has 0 aliphatic rings. The number of aromatic nitrogens is 2. The second-order valence-electron chi connectivity index (χ2n) is 4.71. The SMILES string of the molecule is CCCCC(CC(C)O)Nc1nc(N)ncc1OC. The lowest BCUT2D eigenvalue weighted by atomic mass is 10.0. The third-order valence-electron chi connectivity index (χ3n) is 2.87. The number of anilines is 2. The maximum atomic E-state index is 9.55. The van der Waals surface area contributed by atoms with Crippen molar-refractivity contribution in [2.24, 2.45) is 0 Å². The van der Waals surface area contributed by atoms with Crippen molar-refractivity contribution in [2.75, 3.05) is 18.2 Å². The highest BCUT2D eigenvalue weighted by atomic mass is 16.5. The van der Waals surface area contributed by atoms with Gasteiger partial charge in [-0.2, -0.15) is 4.98 Å². The van der Waals surface area contributed by atoms with Gasteiger partial charge in [0.25, 0.3) is 0 Å². The van der Waals surface area contributed by atoms with Crippen LogP contribution >= 0.6 is 0 Å². The van der Waals surface area contributed by atoms with Gasteiger partial charge in [0.15, 0.2) is 11.6 Å². The molecule has 6 heteroatoms. The summed E-state index contributed by atoms with van der Waals surface area (Å²) in [6, 6.07) is 0.142. The van der Waals surface area contributed by atoms with Crippen molar-refractivity contribution in [1.29, 1.82) is 0 Å². The monoisotopic (exact) mass is 268 g/mol. The van der Waals surface area contributed by atoms with Gasteiger partial charge in [-0.3, -0.25) is 0 Å². The van der Waals surface area contributed by atoms with Crippen molar-refractivity contribution in [3.05, 3.63) is 6.20 Å². The molecule has 1 aromatic heterocycles. The molecular formula is C13H24N4O2. The van der Waals surface area contributed by atoms with Crippen LogP contribution in [0.2, 0.25) is 0 Å². The van der Waals surface area contributed by atoms with Crippen LogP contribution in [0.5, 0.6) is 5.75 Å². The Morgan fingerprint density at radius 3 is 2.84 bits per heavy atom. The number of nitrogens with one attached hydrogen (secondary N) is 1. The van der Waals surface area contributed by atoms with E-state index in [1.807, 2.05) is 0 Å². The number of nitrogens with zero attached hydrogens (tertiary/aromatic N) is 2. The van der Waals surface area contributed by atoms with E-state index in [4.69, 9.17) is 10.5 Å². The van der Waals surface area contributed by atoms with Gasteiger partial charge in [-0.05, 0) is 19.8 Å². The van der Waals surface area contributed by atoms with Gasteiger partial charge in [-0.1, -0.05) is 19.8 Å². The molecule has 0 aliphatic heterocycles. The fourth-order valence-corrected chi connectivity index (χ4v) is 1.94. The van der Waals surface area contributed by atoms with Crippen molar-refractivity contribution in [1.82, 2.24) is 9.97 Å². The molecule has 0 saturated heterocycles. The third-order valence-corrected chi connectivity index (χ3v) is 2.87. The highest BCUT2D eigenvalue weighted by molar-refractivity contribution is 5.51. The van der Waals surface area contributed by atoms with E-state index in [9.17, 15) is 5.11 Å². The fraction of sp³-hybridized carbons (Fsp3) is 0.692. The minimum atomic E-state index is -0.362. The van der Waals surface area contributed by atoms with Crippen LogP contribution in [0.3, 0.4) is 0 Å². The zero-order valence-corrected chi connectivity index (χ0v) is 11.9. The number of rotatable bonds is 8. The number of ether oxygens (including phenoxy) is 1. The summed E-state index contributed by atoms with van der Waals surface area (Å²) in [4.78, 5) is 8.04. The topological polar surface area (TPSA) is 93.3 Å². The number of hydrogen-bond acceptors (Lipinski definition) is 6. The maximum Gasteiger partial charge on any atom is 0.222 e. The molecule has 0 bridgehead atoms. The van der Waals surface area contributed by atoms with Crippen molar-refractivity contribution in [3.8, 4) is 5.75 Å². The summed E-state index contributed by atoms with van der Waals surface area (Å²) in [5.74, 6) is 1.34. The molecule has 4 N–H and O–H groups in total. The molecule has 0 fully saturated rings. The van der Waals surface area contributed by atoms with Crippen molar-refractivity contribution in [3.63, 3.8) is 0 Å². The Labute approximate surface area is 114 Å². The van der Waals surface area contributed by atoms with E-state index in [2.05, 4.69) is 22.2 Å². The number of nitrogens with two attached hydrogens (primary N) is 1. The largest absolute Gasteiger partial charge is 0.491 e. The number of aliphatic hydroxyl groups excluding tert-OH is 1. The van der Waals surface area contributed by atoms with Gasteiger partial charge in [0.1, 0.15) is 0 Å². The summed E-state index contributed by atoms with van der Waals surface area (Å²) in [7, 11) is 1.57. The predicted octanol–water partition coefficient (Wildman–Crippen LogP) is 1.81. The van der Waals surface area contributed by atoms with E-state index in [0.717, 1.165) is 19.3 Å². The van der Waals surface area contributed by atoms with Crippen LogP contribution in [0, 0.1) is 0 Å². The Balaban J connectivity index is 2.78. The van der Waals surface area contributed by atoms with Crippen molar-refractivity contribution >= 4 is 11.8 Å². The number of methoxy groups -OCH3 is 1. The van der Waals surface area contributed by atoms with E-state index in [-0.39, 0.29) is 18.1 Å². The summed E-state index contributed by atoms with van der Waals surface area (Å²) in [6.07, 6.45) is 5.01. The first-order chi connectivity index (χ1) is 9.06. The molecule has 1 rings (SSSR count). The van der Waals surface area contributed by atoms with Crippen LogP contribution in [0.15, 0.2) is 6.20 Å². The standard InChI is InChI=1S/C13H24N4O2/c1-4-5-6-10(7-9(2)18)16-12-11(19-3)8-15-13(14)17-12/h8-10,18H,4-7H2,1-3H3,(H3,14,15,16,17). The predicted molar refractivity (Wildman–Crippen MR) is 76.2 cm³/mol. The Hall–Kier alpha value is -1.56. The van der Waals surface area contributed by atoms with Crippen molar-refractivity contribution in [2.45, 2.75) is 51.7 Å². The van der Waals surface area contributed by atoms with E-state index in [0.29, 0.717) is 18.0 Å². The highest BCUT2D eigenvalue weighted by Crippen LogP contribution is 2.23. The van der Waals surface area contributed by atoms with Gasteiger partial charge >= 0.3 is 0 Å². The summed E-state index contributed by atoms with van der Waals surface area (Å²) < 4.78 is 5.21. The molecule has 2 unspecified atom stereocenters. The van der Waals surface area contributed by atoms with Gasteiger partial charge in [-0.25, -0.2) is 4.98 Å². The molecule has 2 atom stereocenters. The van der Waals surface area contributed by atoms with E-state index < -0.39 is 0 Å². The van der Waals surface area contributed by atoms with Crippen LogP contribution in [0.25, 0.3) is 0 Å². The van der Waals surface area contributed by atoms with Crippen LogP contribution < -0.4 is 15.8 Å². The third kappa shape index (κ3) is 5.30. The fourth-order valence-electron chi connectivity index (χ4n) is 1.94. The molecule has 108 valence electrons. The minimum absolute atomic E-state index is 0.142. The molecule has 6 nitrogen and oxygen atoms in total. The maximum absolute atomic E-state index is 9.55. The molecule has 0 amide bonds. The molecule has 19 heavy (non-hydrogen) atoms. The first-order valence-corrected chi connectivity index (χ1v) is 6.67. The number of aliphatic hydroxyl groups is 1. The summed E-state index contributed by atoms with van der Waals surface area (Å²) in [5.41, 5.74) is 5.59. The number of nitrogen functional groups attached to an aromatic ring is 1. The van der Waals surface area contributed by atoms with Gasteiger partial charge in [0.2, 0.25) is 5.95 Å². The first-order valence-electron chi connectivity index (χ1n) is 6.67. The number of unbranched alkanes of at least 4 members (excludes halogenated alkanes) is 1. The molecule has 1 aromatic rings. The van der Waals surface area contributed by atoms with Gasteiger partial charge in [-0.15, -0.1) is 0 Å². The average molecular weight is 268 g/mol. The second-order valence-corrected chi connectivity index (χ2v) is 4.71. The van der Waals surface area contributed by atoms with Gasteiger partial charge in [0.05, 0.1) is 19.4 Å². The molecule has 0 aromatic carbocycles. The van der Waals surface area contributed by atoms with E-state index in [1.54, 1.807) is 20.2 Å².